The van der Waals surface area contributed by atoms with Crippen molar-refractivity contribution in [3.8, 4) is 11.4 Å². The summed E-state index contributed by atoms with van der Waals surface area (Å²) in [5, 5.41) is 4.08. The fourth-order valence-corrected chi connectivity index (χ4v) is 6.65. The third kappa shape index (κ3) is 5.96. The molecule has 0 amide bonds. The van der Waals surface area contributed by atoms with E-state index >= 15 is 4.39 Å². The zero-order valence-corrected chi connectivity index (χ0v) is 25.1. The van der Waals surface area contributed by atoms with E-state index in [0.717, 1.165) is 23.8 Å². The van der Waals surface area contributed by atoms with Gasteiger partial charge < -0.3 is 14.0 Å². The summed E-state index contributed by atoms with van der Waals surface area (Å²) < 4.78 is 86.4. The number of aromatic nitrogens is 3. The van der Waals surface area contributed by atoms with Crippen molar-refractivity contribution in [1.82, 2.24) is 14.7 Å². The highest BCUT2D eigenvalue weighted by molar-refractivity contribution is 7.91. The number of benzene rings is 3. The van der Waals surface area contributed by atoms with Gasteiger partial charge in [0, 0.05) is 31.2 Å². The van der Waals surface area contributed by atoms with Crippen LogP contribution in [0.1, 0.15) is 36.4 Å². The van der Waals surface area contributed by atoms with Gasteiger partial charge in [0.1, 0.15) is 5.82 Å². The van der Waals surface area contributed by atoms with Gasteiger partial charge in [-0.3, -0.25) is 4.79 Å². The number of rotatable bonds is 6. The quantitative estimate of drug-likeness (QED) is 0.216. The van der Waals surface area contributed by atoms with Gasteiger partial charge in [0.2, 0.25) is 17.1 Å². The Hall–Kier alpha value is -4.52. The molecule has 0 spiro atoms. The summed E-state index contributed by atoms with van der Waals surface area (Å²) in [7, 11) is -3.23. The first-order chi connectivity index (χ1) is 21.2. The van der Waals surface area contributed by atoms with Crippen LogP contribution in [0.3, 0.4) is 0 Å². The largest absolute Gasteiger partial charge is 0.416 e. The maximum Gasteiger partial charge on any atom is 0.416 e. The molecule has 0 bridgehead atoms. The van der Waals surface area contributed by atoms with E-state index in [1.807, 2.05) is 44.2 Å². The van der Waals surface area contributed by atoms with Gasteiger partial charge in [-0.05, 0) is 49.2 Å². The summed E-state index contributed by atoms with van der Waals surface area (Å²) in [6.45, 7) is 3.97. The third-order valence-corrected chi connectivity index (χ3v) is 9.77. The average molecular weight is 641 g/mol. The van der Waals surface area contributed by atoms with Crippen LogP contribution in [0.25, 0.3) is 22.3 Å². The van der Waals surface area contributed by atoms with Crippen LogP contribution in [0, 0.1) is 5.82 Å². The lowest BCUT2D eigenvalue weighted by molar-refractivity contribution is -0.137. The normalized spacial score (nSPS) is 15.5. The number of halogens is 4. The van der Waals surface area contributed by atoms with Crippen LogP contribution < -0.4 is 10.3 Å². The molecular weight excluding hydrogens is 612 g/mol. The molecule has 13 heteroatoms. The highest BCUT2D eigenvalue weighted by atomic mass is 32.2. The van der Waals surface area contributed by atoms with Crippen molar-refractivity contribution in [2.24, 2.45) is 0 Å². The summed E-state index contributed by atoms with van der Waals surface area (Å²) >= 11 is 0. The van der Waals surface area contributed by atoms with Gasteiger partial charge in [0.05, 0.1) is 39.3 Å². The molecule has 5 aromatic rings. The molecule has 234 valence electrons. The summed E-state index contributed by atoms with van der Waals surface area (Å²) in [5.41, 5.74) is -0.229. The van der Waals surface area contributed by atoms with E-state index in [4.69, 9.17) is 4.52 Å². The molecule has 1 saturated heterocycles. The SMILES string of the molecule is CC(C)(c1ccccc1)c1nc(-c2cn(Cc3ccc(C(F)(F)F)cc3)c3cc(N4CCS(=O)(=O)CC4)c(F)cc3c2=O)no1. The van der Waals surface area contributed by atoms with Crippen molar-refractivity contribution >= 4 is 26.4 Å². The van der Waals surface area contributed by atoms with Crippen molar-refractivity contribution in [2.75, 3.05) is 29.5 Å². The molecule has 0 aliphatic carbocycles. The molecule has 3 heterocycles. The first-order valence-corrected chi connectivity index (χ1v) is 15.9. The first-order valence-electron chi connectivity index (χ1n) is 14.1. The Kier molecular flexibility index (Phi) is 7.54. The molecule has 3 aromatic carbocycles. The van der Waals surface area contributed by atoms with E-state index in [1.54, 1.807) is 9.47 Å². The Labute approximate surface area is 255 Å². The Morgan fingerprint density at radius 1 is 0.933 bits per heavy atom. The zero-order valence-electron chi connectivity index (χ0n) is 24.3. The fourth-order valence-electron chi connectivity index (χ4n) is 5.45. The predicted molar refractivity (Wildman–Crippen MR) is 161 cm³/mol. The molecule has 0 radical (unpaired) electrons. The summed E-state index contributed by atoms with van der Waals surface area (Å²) in [6, 6.07) is 16.6. The smallest absolute Gasteiger partial charge is 0.367 e. The number of pyridine rings is 1. The van der Waals surface area contributed by atoms with Gasteiger partial charge in [-0.1, -0.05) is 47.6 Å². The van der Waals surface area contributed by atoms with E-state index in [1.165, 1.54) is 24.4 Å². The maximum atomic E-state index is 15.6. The van der Waals surface area contributed by atoms with E-state index in [2.05, 4.69) is 10.1 Å². The third-order valence-electron chi connectivity index (χ3n) is 8.17. The molecule has 8 nitrogen and oxygen atoms in total. The molecule has 0 atom stereocenters. The topological polar surface area (TPSA) is 98.3 Å². The Morgan fingerprint density at radius 2 is 1.60 bits per heavy atom. The van der Waals surface area contributed by atoms with Gasteiger partial charge in [0.15, 0.2) is 9.84 Å². The number of fused-ring (bicyclic) bond motifs is 1. The number of anilines is 1. The minimum absolute atomic E-state index is 0.000961. The van der Waals surface area contributed by atoms with E-state index < -0.39 is 38.2 Å². The summed E-state index contributed by atoms with van der Waals surface area (Å²) in [4.78, 5) is 20.0. The number of alkyl halides is 3. The average Bonchev–Trinajstić information content (AvgIpc) is 3.50. The van der Waals surface area contributed by atoms with Crippen LogP contribution >= 0.6 is 0 Å². The number of hydrogen-bond acceptors (Lipinski definition) is 7. The molecule has 2 aromatic heterocycles. The lowest BCUT2D eigenvalue weighted by Crippen LogP contribution is -2.40. The summed E-state index contributed by atoms with van der Waals surface area (Å²) in [5.74, 6) is -0.759. The van der Waals surface area contributed by atoms with Crippen molar-refractivity contribution in [3.05, 3.63) is 112 Å². The first kappa shape index (κ1) is 30.5. The number of sulfone groups is 1. The standard InChI is InChI=1S/C32H28F4N4O4S/c1-31(2,21-6-4-3-5-7-21)30-37-29(38-44-30)24-19-40(18-20-8-10-22(11-9-20)32(34,35)36)26-17-27(25(33)16-23(26)28(24)41)39-12-14-45(42,43)15-13-39/h3-11,16-17,19H,12-15,18H2,1-2H3. The van der Waals surface area contributed by atoms with Crippen LogP contribution in [0.2, 0.25) is 0 Å². The highest BCUT2D eigenvalue weighted by Crippen LogP contribution is 2.33. The molecule has 1 fully saturated rings. The molecule has 1 aliphatic rings. The van der Waals surface area contributed by atoms with E-state index in [9.17, 15) is 26.4 Å². The molecule has 0 unspecified atom stereocenters. The second kappa shape index (κ2) is 11.1. The van der Waals surface area contributed by atoms with Crippen LogP contribution in [0.4, 0.5) is 23.2 Å². The van der Waals surface area contributed by atoms with Gasteiger partial charge in [-0.2, -0.15) is 18.2 Å². The number of nitrogens with zero attached hydrogens (tertiary/aromatic N) is 4. The minimum Gasteiger partial charge on any atom is -0.367 e. The Morgan fingerprint density at radius 3 is 2.24 bits per heavy atom. The Balaban J connectivity index is 1.47. The van der Waals surface area contributed by atoms with Gasteiger partial charge in [0.25, 0.3) is 0 Å². The van der Waals surface area contributed by atoms with Crippen LogP contribution in [-0.2, 0) is 28.0 Å². The molecule has 0 N–H and O–H groups in total. The lowest BCUT2D eigenvalue weighted by Gasteiger charge is -2.29. The van der Waals surface area contributed by atoms with Crippen molar-refractivity contribution < 1.29 is 30.5 Å². The van der Waals surface area contributed by atoms with Crippen LogP contribution in [0.15, 0.2) is 82.2 Å². The molecular formula is C32H28F4N4O4S. The second-order valence-electron chi connectivity index (χ2n) is 11.6. The number of hydrogen-bond donors (Lipinski definition) is 0. The maximum absolute atomic E-state index is 15.6. The lowest BCUT2D eigenvalue weighted by atomic mass is 9.84. The van der Waals surface area contributed by atoms with Crippen molar-refractivity contribution in [3.63, 3.8) is 0 Å². The summed E-state index contributed by atoms with van der Waals surface area (Å²) in [6.07, 6.45) is -3.03. The minimum atomic E-state index is -4.51. The van der Waals surface area contributed by atoms with Crippen molar-refractivity contribution in [1.29, 1.82) is 0 Å². The van der Waals surface area contributed by atoms with Crippen molar-refractivity contribution in [2.45, 2.75) is 32.0 Å². The second-order valence-corrected chi connectivity index (χ2v) is 13.9. The Bertz CT molecular complexity index is 2040. The van der Waals surface area contributed by atoms with Crippen LogP contribution in [-0.4, -0.2) is 47.7 Å². The zero-order chi connectivity index (χ0) is 32.1. The highest BCUT2D eigenvalue weighted by Gasteiger charge is 2.32. The van der Waals surface area contributed by atoms with Crippen LogP contribution in [0.5, 0.6) is 0 Å². The van der Waals surface area contributed by atoms with Gasteiger partial charge >= 0.3 is 6.18 Å². The molecule has 6 rings (SSSR count). The monoisotopic (exact) mass is 640 g/mol. The predicted octanol–water partition coefficient (Wildman–Crippen LogP) is 5.82. The molecule has 0 saturated carbocycles. The van der Waals surface area contributed by atoms with Gasteiger partial charge in [-0.15, -0.1) is 0 Å². The van der Waals surface area contributed by atoms with Gasteiger partial charge in [-0.25, -0.2) is 12.8 Å². The van der Waals surface area contributed by atoms with E-state index in [-0.39, 0.29) is 59.5 Å². The fraction of sp³-hybridized carbons (Fsp3) is 0.281. The van der Waals surface area contributed by atoms with E-state index in [0.29, 0.717) is 11.1 Å². The molecule has 45 heavy (non-hydrogen) atoms. The molecule has 1 aliphatic heterocycles.